The third-order valence-electron chi connectivity index (χ3n) is 3.75. The maximum Gasteiger partial charge on any atom is 0.257 e. The number of amides is 1. The first-order valence-corrected chi connectivity index (χ1v) is 7.04. The lowest BCUT2D eigenvalue weighted by atomic mass is 9.97. The number of anilines is 1. The second-order valence-corrected chi connectivity index (χ2v) is 5.52. The summed E-state index contributed by atoms with van der Waals surface area (Å²) in [5.74, 6) is -0.914. The van der Waals surface area contributed by atoms with Gasteiger partial charge in [0.2, 0.25) is 0 Å². The summed E-state index contributed by atoms with van der Waals surface area (Å²) in [7, 11) is 0. The minimum atomic E-state index is -0.592. The van der Waals surface area contributed by atoms with E-state index in [-0.39, 0.29) is 16.5 Å². The summed E-state index contributed by atoms with van der Waals surface area (Å²) in [6.45, 7) is 0.976. The van der Waals surface area contributed by atoms with Crippen LogP contribution in [0, 0.1) is 5.82 Å². The van der Waals surface area contributed by atoms with Gasteiger partial charge in [0.1, 0.15) is 5.82 Å². The molecule has 1 heterocycles. The van der Waals surface area contributed by atoms with E-state index in [4.69, 9.17) is 17.3 Å². The Morgan fingerprint density at radius 1 is 1.29 bits per heavy atom. The molecule has 1 amide bonds. The van der Waals surface area contributed by atoms with Crippen molar-refractivity contribution < 1.29 is 9.18 Å². The van der Waals surface area contributed by atoms with E-state index in [1.165, 1.54) is 12.1 Å². The monoisotopic (exact) mass is 304 g/mol. The van der Waals surface area contributed by atoms with Crippen molar-refractivity contribution >= 4 is 23.2 Å². The van der Waals surface area contributed by atoms with E-state index in [0.717, 1.165) is 22.9 Å². The number of carbonyl (C=O) groups is 1. The Morgan fingerprint density at radius 3 is 2.86 bits per heavy atom. The van der Waals surface area contributed by atoms with Gasteiger partial charge in [-0.25, -0.2) is 4.39 Å². The van der Waals surface area contributed by atoms with Crippen LogP contribution in [0.25, 0.3) is 0 Å². The van der Waals surface area contributed by atoms with Crippen LogP contribution in [-0.2, 0) is 13.0 Å². The van der Waals surface area contributed by atoms with Crippen molar-refractivity contribution in [3.8, 4) is 0 Å². The average Bonchev–Trinajstić information content (AvgIpc) is 2.46. The molecule has 1 aliphatic heterocycles. The molecule has 3 rings (SSSR count). The third kappa shape index (κ3) is 2.59. The molecule has 0 radical (unpaired) electrons. The average molecular weight is 305 g/mol. The summed E-state index contributed by atoms with van der Waals surface area (Å²) >= 11 is 5.71. The molecule has 2 aromatic rings. The fourth-order valence-electron chi connectivity index (χ4n) is 2.65. The molecule has 0 aromatic heterocycles. The topological polar surface area (TPSA) is 46.3 Å². The minimum absolute atomic E-state index is 0.0479. The number of benzene rings is 2. The normalized spacial score (nSPS) is 13.9. The fourth-order valence-corrected chi connectivity index (χ4v) is 2.80. The fraction of sp³-hybridized carbons (Fsp3) is 0.188. The number of nitrogens with two attached hydrogens (primary N) is 1. The van der Waals surface area contributed by atoms with Gasteiger partial charge < -0.3 is 10.6 Å². The molecule has 0 aliphatic carbocycles. The number of hydrogen-bond acceptors (Lipinski definition) is 2. The number of nitrogen functional groups attached to an aromatic ring is 1. The SMILES string of the molecule is Nc1cccc2c1CCN(C(=O)c1ccc(Cl)cc1F)C2. The lowest BCUT2D eigenvalue weighted by Crippen LogP contribution is -2.36. The van der Waals surface area contributed by atoms with Crippen LogP contribution >= 0.6 is 11.6 Å². The number of carbonyl (C=O) groups excluding carboxylic acids is 1. The van der Waals surface area contributed by atoms with E-state index in [0.29, 0.717) is 19.5 Å². The quantitative estimate of drug-likeness (QED) is 0.822. The largest absolute Gasteiger partial charge is 0.398 e. The van der Waals surface area contributed by atoms with Crippen LogP contribution in [0.3, 0.4) is 0 Å². The highest BCUT2D eigenvalue weighted by atomic mass is 35.5. The molecule has 0 saturated heterocycles. The van der Waals surface area contributed by atoms with Crippen molar-refractivity contribution in [2.45, 2.75) is 13.0 Å². The molecule has 0 spiro atoms. The van der Waals surface area contributed by atoms with Gasteiger partial charge in [-0.1, -0.05) is 23.7 Å². The van der Waals surface area contributed by atoms with Crippen LogP contribution in [0.4, 0.5) is 10.1 Å². The van der Waals surface area contributed by atoms with E-state index in [1.54, 1.807) is 4.90 Å². The van der Waals surface area contributed by atoms with Crippen molar-refractivity contribution in [2.24, 2.45) is 0 Å². The van der Waals surface area contributed by atoms with Gasteiger partial charge in [-0.05, 0) is 41.8 Å². The molecule has 5 heteroatoms. The highest BCUT2D eigenvalue weighted by molar-refractivity contribution is 6.30. The minimum Gasteiger partial charge on any atom is -0.398 e. The Hall–Kier alpha value is -2.07. The molecular weight excluding hydrogens is 291 g/mol. The standard InChI is InChI=1S/C16H14ClFN2O/c17-11-4-5-13(14(18)8-11)16(21)20-7-6-12-10(9-20)2-1-3-15(12)19/h1-5,8H,6-7,9,19H2. The van der Waals surface area contributed by atoms with Crippen LogP contribution in [-0.4, -0.2) is 17.4 Å². The maximum absolute atomic E-state index is 13.9. The Bertz CT molecular complexity index is 717. The molecular formula is C16H14ClFN2O. The third-order valence-corrected chi connectivity index (χ3v) is 3.99. The Balaban J connectivity index is 1.87. The predicted octanol–water partition coefficient (Wildman–Crippen LogP) is 3.26. The number of rotatable bonds is 1. The highest BCUT2D eigenvalue weighted by Crippen LogP contribution is 2.26. The molecule has 0 unspecified atom stereocenters. The zero-order chi connectivity index (χ0) is 15.0. The highest BCUT2D eigenvalue weighted by Gasteiger charge is 2.24. The van der Waals surface area contributed by atoms with E-state index in [9.17, 15) is 9.18 Å². The van der Waals surface area contributed by atoms with Gasteiger partial charge in [0, 0.05) is 23.8 Å². The number of nitrogens with zero attached hydrogens (tertiary/aromatic N) is 1. The molecule has 21 heavy (non-hydrogen) atoms. The first kappa shape index (κ1) is 13.9. The molecule has 3 nitrogen and oxygen atoms in total. The number of halogens is 2. The molecule has 0 atom stereocenters. The summed E-state index contributed by atoms with van der Waals surface area (Å²) < 4.78 is 13.9. The van der Waals surface area contributed by atoms with E-state index in [1.807, 2.05) is 18.2 Å². The first-order valence-electron chi connectivity index (χ1n) is 6.67. The van der Waals surface area contributed by atoms with Crippen molar-refractivity contribution in [1.29, 1.82) is 0 Å². The molecule has 0 fully saturated rings. The van der Waals surface area contributed by atoms with Gasteiger partial charge in [0.15, 0.2) is 0 Å². The zero-order valence-corrected chi connectivity index (χ0v) is 12.0. The van der Waals surface area contributed by atoms with E-state index in [2.05, 4.69) is 0 Å². The summed E-state index contributed by atoms with van der Waals surface area (Å²) in [5.41, 5.74) is 8.83. The number of fused-ring (bicyclic) bond motifs is 1. The lowest BCUT2D eigenvalue weighted by Gasteiger charge is -2.29. The van der Waals surface area contributed by atoms with Gasteiger partial charge in [0.05, 0.1) is 5.56 Å². The molecule has 0 bridgehead atoms. The Morgan fingerprint density at radius 2 is 2.10 bits per heavy atom. The van der Waals surface area contributed by atoms with Gasteiger partial charge in [0.25, 0.3) is 5.91 Å². The first-order chi connectivity index (χ1) is 10.1. The molecule has 0 saturated carbocycles. The van der Waals surface area contributed by atoms with E-state index < -0.39 is 5.82 Å². The smallest absolute Gasteiger partial charge is 0.257 e. The van der Waals surface area contributed by atoms with Gasteiger partial charge in [-0.2, -0.15) is 0 Å². The van der Waals surface area contributed by atoms with Crippen LogP contribution in [0.1, 0.15) is 21.5 Å². The van der Waals surface area contributed by atoms with Crippen LogP contribution in [0.5, 0.6) is 0 Å². The van der Waals surface area contributed by atoms with Crippen molar-refractivity contribution in [3.05, 3.63) is 63.9 Å². The second-order valence-electron chi connectivity index (χ2n) is 5.09. The van der Waals surface area contributed by atoms with Crippen LogP contribution in [0.2, 0.25) is 5.02 Å². The summed E-state index contributed by atoms with van der Waals surface area (Å²) in [5, 5.41) is 0.279. The Labute approximate surface area is 127 Å². The van der Waals surface area contributed by atoms with E-state index >= 15 is 0 Å². The zero-order valence-electron chi connectivity index (χ0n) is 11.3. The molecule has 2 N–H and O–H groups in total. The summed E-state index contributed by atoms with van der Waals surface area (Å²) in [6.07, 6.45) is 0.683. The van der Waals surface area contributed by atoms with Gasteiger partial charge >= 0.3 is 0 Å². The summed E-state index contributed by atoms with van der Waals surface area (Å²) in [4.78, 5) is 14.1. The maximum atomic E-state index is 13.9. The van der Waals surface area contributed by atoms with Crippen LogP contribution < -0.4 is 5.73 Å². The van der Waals surface area contributed by atoms with Crippen molar-refractivity contribution in [2.75, 3.05) is 12.3 Å². The van der Waals surface area contributed by atoms with Crippen molar-refractivity contribution in [3.63, 3.8) is 0 Å². The predicted molar refractivity (Wildman–Crippen MR) is 80.7 cm³/mol. The van der Waals surface area contributed by atoms with Gasteiger partial charge in [-0.3, -0.25) is 4.79 Å². The lowest BCUT2D eigenvalue weighted by molar-refractivity contribution is 0.0730. The van der Waals surface area contributed by atoms with Crippen molar-refractivity contribution in [1.82, 2.24) is 4.90 Å². The summed E-state index contributed by atoms with van der Waals surface area (Å²) in [6, 6.07) is 9.77. The Kier molecular flexibility index (Phi) is 3.55. The molecule has 1 aliphatic rings. The van der Waals surface area contributed by atoms with Gasteiger partial charge in [-0.15, -0.1) is 0 Å². The van der Waals surface area contributed by atoms with Crippen LogP contribution in [0.15, 0.2) is 36.4 Å². The second kappa shape index (κ2) is 5.37. The molecule has 2 aromatic carbocycles. The molecule has 108 valence electrons. The number of hydrogen-bond donors (Lipinski definition) is 1.